The largest absolute Gasteiger partial charge is 0.341 e. The average molecular weight is 377 g/mol. The van der Waals surface area contributed by atoms with E-state index in [-0.39, 0.29) is 5.56 Å². The van der Waals surface area contributed by atoms with Crippen molar-refractivity contribution in [2.45, 2.75) is 26.2 Å². The summed E-state index contributed by atoms with van der Waals surface area (Å²) < 4.78 is 2.90. The summed E-state index contributed by atoms with van der Waals surface area (Å²) in [5.74, 6) is 1.20. The second kappa shape index (κ2) is 6.55. The molecule has 0 aromatic carbocycles. The van der Waals surface area contributed by atoms with E-state index in [4.69, 9.17) is 0 Å². The molecule has 0 bridgehead atoms. The minimum atomic E-state index is -0.213. The molecule has 4 aromatic rings. The van der Waals surface area contributed by atoms with Gasteiger partial charge in [0, 0.05) is 30.9 Å². The number of aromatic amines is 1. The number of nitrogens with zero attached hydrogens (tertiary/aromatic N) is 8. The van der Waals surface area contributed by atoms with Gasteiger partial charge >= 0.3 is 0 Å². The molecule has 28 heavy (non-hydrogen) atoms. The first-order valence-corrected chi connectivity index (χ1v) is 9.27. The molecule has 142 valence electrons. The first-order valence-electron chi connectivity index (χ1n) is 9.27. The lowest BCUT2D eigenvalue weighted by Gasteiger charge is -2.26. The Morgan fingerprint density at radius 3 is 2.82 bits per heavy atom. The van der Waals surface area contributed by atoms with Gasteiger partial charge < -0.3 is 4.90 Å². The molecule has 0 aliphatic carbocycles. The van der Waals surface area contributed by atoms with Crippen molar-refractivity contribution in [3.8, 4) is 17.1 Å². The Bertz CT molecular complexity index is 1200. The van der Waals surface area contributed by atoms with Crippen LogP contribution in [0.15, 0.2) is 35.5 Å². The van der Waals surface area contributed by atoms with Crippen LogP contribution in [-0.4, -0.2) is 52.6 Å². The number of hydrogen-bond donors (Lipinski definition) is 1. The van der Waals surface area contributed by atoms with Crippen LogP contribution in [0, 0.1) is 6.92 Å². The van der Waals surface area contributed by atoms with E-state index < -0.39 is 0 Å². The Labute approximate surface area is 159 Å². The molecule has 5 rings (SSSR count). The SMILES string of the molecule is Cc1nc(N2CCCCC2)ncc1-c1cc(=O)n(-c2ccc3nncn3n2)[nH]1. The summed E-state index contributed by atoms with van der Waals surface area (Å²) >= 11 is 0. The number of nitrogens with one attached hydrogen (secondary N) is 1. The van der Waals surface area contributed by atoms with E-state index in [0.29, 0.717) is 17.2 Å². The number of rotatable bonds is 3. The number of piperidine rings is 1. The maximum Gasteiger partial charge on any atom is 0.273 e. The minimum Gasteiger partial charge on any atom is -0.341 e. The summed E-state index contributed by atoms with van der Waals surface area (Å²) in [4.78, 5) is 23.9. The van der Waals surface area contributed by atoms with Gasteiger partial charge in [-0.25, -0.2) is 9.97 Å². The highest BCUT2D eigenvalue weighted by molar-refractivity contribution is 5.61. The Morgan fingerprint density at radius 1 is 1.14 bits per heavy atom. The molecule has 1 saturated heterocycles. The first kappa shape index (κ1) is 16.6. The number of H-pyrrole nitrogens is 1. The molecule has 1 fully saturated rings. The van der Waals surface area contributed by atoms with Gasteiger partial charge in [0.1, 0.15) is 6.33 Å². The summed E-state index contributed by atoms with van der Waals surface area (Å²) in [6.07, 6.45) is 6.87. The van der Waals surface area contributed by atoms with Crippen molar-refractivity contribution in [3.63, 3.8) is 0 Å². The maximum absolute atomic E-state index is 12.5. The van der Waals surface area contributed by atoms with Gasteiger partial charge in [0.25, 0.3) is 5.56 Å². The summed E-state index contributed by atoms with van der Waals surface area (Å²) in [6, 6.07) is 5.00. The van der Waals surface area contributed by atoms with Gasteiger partial charge in [0.15, 0.2) is 11.5 Å². The molecule has 1 N–H and O–H groups in total. The summed E-state index contributed by atoms with van der Waals surface area (Å²) in [7, 11) is 0. The van der Waals surface area contributed by atoms with Crippen molar-refractivity contribution < 1.29 is 0 Å². The summed E-state index contributed by atoms with van der Waals surface area (Å²) in [5.41, 5.74) is 2.67. The summed E-state index contributed by atoms with van der Waals surface area (Å²) in [6.45, 7) is 3.91. The first-order chi connectivity index (χ1) is 13.7. The topological polar surface area (TPSA) is 110 Å². The van der Waals surface area contributed by atoms with Crippen LogP contribution in [0.25, 0.3) is 22.7 Å². The number of fused-ring (bicyclic) bond motifs is 1. The maximum atomic E-state index is 12.5. The van der Waals surface area contributed by atoms with Crippen LogP contribution in [-0.2, 0) is 0 Å². The van der Waals surface area contributed by atoms with Crippen LogP contribution in [0.1, 0.15) is 25.0 Å². The van der Waals surface area contributed by atoms with Gasteiger partial charge in [-0.1, -0.05) is 0 Å². The lowest BCUT2D eigenvalue weighted by Crippen LogP contribution is -2.31. The van der Waals surface area contributed by atoms with Crippen molar-refractivity contribution >= 4 is 11.6 Å². The highest BCUT2D eigenvalue weighted by Crippen LogP contribution is 2.22. The second-order valence-corrected chi connectivity index (χ2v) is 6.89. The fraction of sp³-hybridized carbons (Fsp3) is 0.333. The fourth-order valence-electron chi connectivity index (χ4n) is 3.51. The normalized spacial score (nSPS) is 14.7. The molecular weight excluding hydrogens is 358 g/mol. The molecule has 10 heteroatoms. The number of aromatic nitrogens is 8. The Morgan fingerprint density at radius 2 is 2.00 bits per heavy atom. The predicted octanol–water partition coefficient (Wildman–Crippen LogP) is 1.36. The lowest BCUT2D eigenvalue weighted by atomic mass is 10.1. The van der Waals surface area contributed by atoms with Crippen LogP contribution in [0.4, 0.5) is 5.95 Å². The third-order valence-corrected chi connectivity index (χ3v) is 4.99. The van der Waals surface area contributed by atoms with Crippen LogP contribution < -0.4 is 10.5 Å². The lowest BCUT2D eigenvalue weighted by molar-refractivity contribution is 0.568. The van der Waals surface area contributed by atoms with E-state index >= 15 is 0 Å². The summed E-state index contributed by atoms with van der Waals surface area (Å²) in [5, 5.41) is 15.2. The van der Waals surface area contributed by atoms with Gasteiger partial charge in [0.2, 0.25) is 5.95 Å². The molecule has 10 nitrogen and oxygen atoms in total. The van der Waals surface area contributed by atoms with Crippen molar-refractivity contribution in [1.82, 2.24) is 39.6 Å². The Balaban J connectivity index is 1.50. The van der Waals surface area contributed by atoms with Crippen molar-refractivity contribution in [3.05, 3.63) is 46.8 Å². The van der Waals surface area contributed by atoms with Gasteiger partial charge in [-0.3, -0.25) is 9.89 Å². The van der Waals surface area contributed by atoms with Crippen LogP contribution >= 0.6 is 0 Å². The molecule has 0 unspecified atom stereocenters. The zero-order valence-corrected chi connectivity index (χ0v) is 15.4. The smallest absolute Gasteiger partial charge is 0.273 e. The van der Waals surface area contributed by atoms with Gasteiger partial charge in [-0.15, -0.1) is 15.3 Å². The van der Waals surface area contributed by atoms with Gasteiger partial charge in [-0.05, 0) is 38.3 Å². The van der Waals surface area contributed by atoms with Crippen molar-refractivity contribution in [1.29, 1.82) is 0 Å². The highest BCUT2D eigenvalue weighted by atomic mass is 16.1. The van der Waals surface area contributed by atoms with Crippen LogP contribution in [0.5, 0.6) is 0 Å². The molecule has 0 radical (unpaired) electrons. The van der Waals surface area contributed by atoms with Crippen LogP contribution in [0.2, 0.25) is 0 Å². The molecule has 1 aliphatic heterocycles. The number of hydrogen-bond acceptors (Lipinski definition) is 7. The van der Waals surface area contributed by atoms with Gasteiger partial charge in [0.05, 0.1) is 11.4 Å². The standard InChI is InChI=1S/C18H19N9O/c1-12-13(10-19-18(21-12)25-7-3-2-4-8-25)14-9-17(28)27(23-14)16-6-5-15-22-20-11-26(15)24-16/h5-6,9-11,23H,2-4,7-8H2,1H3. The average Bonchev–Trinajstić information content (AvgIpc) is 3.34. The van der Waals surface area contributed by atoms with E-state index in [1.165, 1.54) is 40.9 Å². The zero-order valence-electron chi connectivity index (χ0n) is 15.4. The third kappa shape index (κ3) is 2.82. The minimum absolute atomic E-state index is 0.213. The molecule has 1 aliphatic rings. The second-order valence-electron chi connectivity index (χ2n) is 6.89. The number of aryl methyl sites for hydroxylation is 1. The predicted molar refractivity (Wildman–Crippen MR) is 103 cm³/mol. The molecule has 5 heterocycles. The Kier molecular flexibility index (Phi) is 3.89. The fourth-order valence-corrected chi connectivity index (χ4v) is 3.51. The molecule has 0 amide bonds. The molecular formula is C18H19N9O. The molecule has 0 saturated carbocycles. The van der Waals surface area contributed by atoms with E-state index in [2.05, 4.69) is 35.3 Å². The molecule has 0 spiro atoms. The zero-order chi connectivity index (χ0) is 19.1. The highest BCUT2D eigenvalue weighted by Gasteiger charge is 2.16. The number of anilines is 1. The quantitative estimate of drug-likeness (QED) is 0.574. The Hall–Kier alpha value is -3.56. The van der Waals surface area contributed by atoms with Crippen LogP contribution in [0.3, 0.4) is 0 Å². The van der Waals surface area contributed by atoms with Gasteiger partial charge in [-0.2, -0.15) is 9.20 Å². The van der Waals surface area contributed by atoms with Crippen molar-refractivity contribution in [2.75, 3.05) is 18.0 Å². The monoisotopic (exact) mass is 377 g/mol. The van der Waals surface area contributed by atoms with Crippen molar-refractivity contribution in [2.24, 2.45) is 0 Å². The molecule has 0 atom stereocenters. The van der Waals surface area contributed by atoms with E-state index in [9.17, 15) is 4.79 Å². The third-order valence-electron chi connectivity index (χ3n) is 4.99. The molecule has 4 aromatic heterocycles. The van der Waals surface area contributed by atoms with E-state index in [0.717, 1.165) is 30.3 Å². The van der Waals surface area contributed by atoms with E-state index in [1.807, 2.05) is 6.92 Å². The van der Waals surface area contributed by atoms with E-state index in [1.54, 1.807) is 18.3 Å².